The zero-order chi connectivity index (χ0) is 22.5. The number of nitrogens with zero attached hydrogens (tertiary/aromatic N) is 4. The lowest BCUT2D eigenvalue weighted by molar-refractivity contribution is -0.384. The van der Waals surface area contributed by atoms with Gasteiger partial charge in [0.1, 0.15) is 5.75 Å². The number of ether oxygens (including phenoxy) is 1. The molecule has 0 saturated heterocycles. The number of likely N-dealkylation sites (N-methyl/N-ethyl adjacent to an activating group) is 1. The maximum atomic E-state index is 10.8. The first-order valence-corrected chi connectivity index (χ1v) is 10.3. The second kappa shape index (κ2) is 7.02. The van der Waals surface area contributed by atoms with Crippen LogP contribution in [-0.4, -0.2) is 17.7 Å². The molecule has 1 unspecified atom stereocenters. The number of nitro groups is 1. The van der Waals surface area contributed by atoms with Gasteiger partial charge in [-0.2, -0.15) is 10.2 Å². The topological polar surface area (TPSA) is 80.3 Å². The van der Waals surface area contributed by atoms with Gasteiger partial charge in [0.05, 0.1) is 21.7 Å². The number of hydrogen-bond acceptors (Lipinski definition) is 6. The predicted octanol–water partition coefficient (Wildman–Crippen LogP) is 6.54. The average molecular weight is 426 g/mol. The summed E-state index contributed by atoms with van der Waals surface area (Å²) in [4.78, 5) is 12.5. The van der Waals surface area contributed by atoms with E-state index in [0.29, 0.717) is 11.4 Å². The highest BCUT2D eigenvalue weighted by Gasteiger charge is 2.57. The highest BCUT2D eigenvalue weighted by molar-refractivity contribution is 5.73. The number of para-hydroxylation sites is 1. The third-order valence-electron chi connectivity index (χ3n) is 6.42. The molecule has 1 spiro atoms. The maximum absolute atomic E-state index is 10.8. The smallest absolute Gasteiger partial charge is 0.269 e. The van der Waals surface area contributed by atoms with Crippen molar-refractivity contribution in [3.8, 4) is 5.75 Å². The van der Waals surface area contributed by atoms with E-state index in [9.17, 15) is 10.1 Å². The van der Waals surface area contributed by atoms with Crippen molar-refractivity contribution in [3.05, 3.63) is 94.0 Å². The van der Waals surface area contributed by atoms with Gasteiger partial charge in [0.15, 0.2) is 0 Å². The summed E-state index contributed by atoms with van der Waals surface area (Å²) in [7, 11) is 2.07. The number of fused-ring (bicyclic) bond motifs is 2. The van der Waals surface area contributed by atoms with Crippen molar-refractivity contribution in [2.45, 2.75) is 25.0 Å². The molecule has 0 amide bonds. The number of hydrogen-bond donors (Lipinski definition) is 0. The second-order valence-corrected chi connectivity index (χ2v) is 8.53. The van der Waals surface area contributed by atoms with E-state index < -0.39 is 10.6 Å². The molecule has 32 heavy (non-hydrogen) atoms. The highest BCUT2D eigenvalue weighted by Crippen LogP contribution is 2.54. The zero-order valence-electron chi connectivity index (χ0n) is 18.0. The molecule has 0 aromatic heterocycles. The molecule has 1 atom stereocenters. The van der Waals surface area contributed by atoms with Crippen LogP contribution in [0, 0.1) is 10.1 Å². The van der Waals surface area contributed by atoms with Crippen LogP contribution in [0.25, 0.3) is 6.08 Å². The fourth-order valence-electron chi connectivity index (χ4n) is 4.58. The standard InChI is InChI=1S/C25H22N4O3/c1-24(2)21-6-4-5-7-22(21)28(3)25(24)15-14-17-16-19(10-13-23(17)32-25)27-26-18-8-11-20(12-9-18)29(30)31/h4-16H,1-3H3/b27-26+. The lowest BCUT2D eigenvalue weighted by Crippen LogP contribution is -2.58. The van der Waals surface area contributed by atoms with Gasteiger partial charge in [0.2, 0.25) is 5.72 Å². The van der Waals surface area contributed by atoms with Crippen LogP contribution in [0.1, 0.15) is 25.0 Å². The van der Waals surface area contributed by atoms with Crippen molar-refractivity contribution < 1.29 is 9.66 Å². The first-order valence-electron chi connectivity index (χ1n) is 10.3. The summed E-state index contributed by atoms with van der Waals surface area (Å²) in [5.74, 6) is 0.787. The largest absolute Gasteiger partial charge is 0.463 e. The minimum absolute atomic E-state index is 0.0240. The molecule has 7 heteroatoms. The van der Waals surface area contributed by atoms with E-state index in [1.54, 1.807) is 12.1 Å². The predicted molar refractivity (Wildman–Crippen MR) is 124 cm³/mol. The van der Waals surface area contributed by atoms with Crippen molar-refractivity contribution in [3.63, 3.8) is 0 Å². The summed E-state index contributed by atoms with van der Waals surface area (Å²) in [6.07, 6.45) is 4.19. The fraction of sp³-hybridized carbons (Fsp3) is 0.200. The molecular formula is C25H22N4O3. The van der Waals surface area contributed by atoms with Gasteiger partial charge >= 0.3 is 0 Å². The first-order chi connectivity index (χ1) is 15.3. The van der Waals surface area contributed by atoms with E-state index >= 15 is 0 Å². The molecule has 3 aromatic carbocycles. The van der Waals surface area contributed by atoms with E-state index in [1.165, 1.54) is 23.4 Å². The van der Waals surface area contributed by atoms with Gasteiger partial charge in [0, 0.05) is 30.4 Å². The van der Waals surface area contributed by atoms with Crippen molar-refractivity contribution in [1.29, 1.82) is 0 Å². The van der Waals surface area contributed by atoms with Crippen LogP contribution in [0.4, 0.5) is 22.7 Å². The van der Waals surface area contributed by atoms with Gasteiger partial charge in [-0.05, 0) is 68.0 Å². The molecule has 0 aliphatic carbocycles. The van der Waals surface area contributed by atoms with Crippen molar-refractivity contribution in [2.24, 2.45) is 10.2 Å². The van der Waals surface area contributed by atoms with Crippen LogP contribution in [0.15, 0.2) is 83.0 Å². The zero-order valence-corrected chi connectivity index (χ0v) is 18.0. The number of anilines is 1. The molecule has 0 N–H and O–H groups in total. The van der Waals surface area contributed by atoms with Crippen LogP contribution in [0.5, 0.6) is 5.75 Å². The first kappa shape index (κ1) is 19.9. The van der Waals surface area contributed by atoms with Crippen LogP contribution in [0.2, 0.25) is 0 Å². The van der Waals surface area contributed by atoms with E-state index in [-0.39, 0.29) is 11.1 Å². The molecule has 0 radical (unpaired) electrons. The third-order valence-corrected chi connectivity index (χ3v) is 6.42. The normalized spacial score (nSPS) is 20.3. The van der Waals surface area contributed by atoms with Gasteiger partial charge in [-0.1, -0.05) is 18.2 Å². The Balaban J connectivity index is 1.43. The van der Waals surface area contributed by atoms with Gasteiger partial charge in [0.25, 0.3) is 5.69 Å². The Morgan fingerprint density at radius 3 is 2.38 bits per heavy atom. The van der Waals surface area contributed by atoms with Gasteiger partial charge < -0.3 is 9.64 Å². The summed E-state index contributed by atoms with van der Waals surface area (Å²) in [5.41, 5.74) is 3.72. The second-order valence-electron chi connectivity index (χ2n) is 8.53. The molecule has 5 rings (SSSR count). The number of nitro benzene ring substituents is 1. The van der Waals surface area contributed by atoms with Crippen molar-refractivity contribution >= 4 is 28.8 Å². The summed E-state index contributed by atoms with van der Waals surface area (Å²) >= 11 is 0. The molecular weight excluding hydrogens is 404 g/mol. The Morgan fingerprint density at radius 2 is 1.66 bits per heavy atom. The van der Waals surface area contributed by atoms with E-state index in [4.69, 9.17) is 4.74 Å². The molecule has 2 aliphatic heterocycles. The molecule has 0 saturated carbocycles. The van der Waals surface area contributed by atoms with Gasteiger partial charge in [-0.15, -0.1) is 0 Å². The Morgan fingerprint density at radius 1 is 0.969 bits per heavy atom. The average Bonchev–Trinajstić information content (AvgIpc) is 2.96. The summed E-state index contributed by atoms with van der Waals surface area (Å²) in [6.45, 7) is 4.41. The van der Waals surface area contributed by atoms with Crippen LogP contribution in [0.3, 0.4) is 0 Å². The molecule has 0 bridgehead atoms. The lowest BCUT2D eigenvalue weighted by Gasteiger charge is -2.45. The molecule has 3 aromatic rings. The van der Waals surface area contributed by atoms with Crippen molar-refractivity contribution in [1.82, 2.24) is 0 Å². The monoisotopic (exact) mass is 426 g/mol. The Kier molecular flexibility index (Phi) is 4.37. The lowest BCUT2D eigenvalue weighted by atomic mass is 9.76. The Labute approximate surface area is 185 Å². The van der Waals surface area contributed by atoms with Crippen LogP contribution >= 0.6 is 0 Å². The molecule has 7 nitrogen and oxygen atoms in total. The number of azo groups is 1. The van der Waals surface area contributed by atoms with Crippen LogP contribution in [-0.2, 0) is 5.41 Å². The molecule has 2 aliphatic rings. The number of non-ortho nitro benzene ring substituents is 1. The Hall–Kier alpha value is -4.00. The van der Waals surface area contributed by atoms with E-state index in [2.05, 4.69) is 66.4 Å². The minimum Gasteiger partial charge on any atom is -0.463 e. The summed E-state index contributed by atoms with van der Waals surface area (Å²) < 4.78 is 6.65. The Bertz CT molecular complexity index is 1280. The number of rotatable bonds is 3. The SMILES string of the molecule is CN1c2ccccc2C(C)(C)C12C=Cc1cc(/N=N/c3ccc([N+](=O)[O-])cc3)ccc1O2. The minimum atomic E-state index is -0.620. The molecule has 160 valence electrons. The van der Waals surface area contributed by atoms with Crippen LogP contribution < -0.4 is 9.64 Å². The third kappa shape index (κ3) is 2.89. The molecule has 2 heterocycles. The maximum Gasteiger partial charge on any atom is 0.269 e. The quantitative estimate of drug-likeness (QED) is 0.270. The van der Waals surface area contributed by atoms with Gasteiger partial charge in [-0.3, -0.25) is 10.1 Å². The fourth-order valence-corrected chi connectivity index (χ4v) is 4.58. The summed E-state index contributed by atoms with van der Waals surface area (Å²) in [5, 5.41) is 19.2. The van der Waals surface area contributed by atoms with E-state index in [1.807, 2.05) is 24.3 Å². The van der Waals surface area contributed by atoms with Gasteiger partial charge in [-0.25, -0.2) is 0 Å². The van der Waals surface area contributed by atoms with E-state index in [0.717, 1.165) is 11.3 Å². The highest BCUT2D eigenvalue weighted by atomic mass is 16.6. The summed E-state index contributed by atoms with van der Waals surface area (Å²) in [6, 6.07) is 20.1. The number of benzene rings is 3. The van der Waals surface area contributed by atoms with Crippen molar-refractivity contribution in [2.75, 3.05) is 11.9 Å². The molecule has 0 fully saturated rings.